The third-order valence-corrected chi connectivity index (χ3v) is 3.89. The number of hydrogen-bond donors (Lipinski definition) is 2. The maximum atomic E-state index is 6.46. The minimum atomic E-state index is -0.0683. The van der Waals surface area contributed by atoms with Crippen molar-refractivity contribution in [3.05, 3.63) is 23.7 Å². The van der Waals surface area contributed by atoms with Crippen LogP contribution in [0.15, 0.2) is 12.3 Å². The van der Waals surface area contributed by atoms with Crippen LogP contribution in [0.2, 0.25) is 0 Å². The van der Waals surface area contributed by atoms with Crippen molar-refractivity contribution in [1.29, 1.82) is 0 Å². The van der Waals surface area contributed by atoms with Gasteiger partial charge in [-0.05, 0) is 31.4 Å². The van der Waals surface area contributed by atoms with E-state index in [1.807, 2.05) is 13.1 Å². The van der Waals surface area contributed by atoms with Gasteiger partial charge in [0.1, 0.15) is 5.82 Å². The first kappa shape index (κ1) is 11.7. The number of aromatic nitrogens is 3. The molecule has 0 aliphatic heterocycles. The van der Waals surface area contributed by atoms with Crippen molar-refractivity contribution in [3.63, 3.8) is 0 Å². The van der Waals surface area contributed by atoms with Crippen molar-refractivity contribution >= 4 is 11.2 Å². The smallest absolute Gasteiger partial charge is 0.177 e. The molecule has 1 aliphatic carbocycles. The van der Waals surface area contributed by atoms with E-state index in [-0.39, 0.29) is 5.54 Å². The number of nitrogens with two attached hydrogens (primary N) is 1. The van der Waals surface area contributed by atoms with Crippen LogP contribution in [0.3, 0.4) is 0 Å². The molecule has 0 aromatic carbocycles. The molecule has 0 saturated heterocycles. The van der Waals surface area contributed by atoms with Gasteiger partial charge < -0.3 is 10.7 Å². The van der Waals surface area contributed by atoms with E-state index in [4.69, 9.17) is 5.73 Å². The first-order chi connectivity index (χ1) is 8.65. The summed E-state index contributed by atoms with van der Waals surface area (Å²) in [5, 5.41) is 0. The maximum absolute atomic E-state index is 6.46. The minimum Gasteiger partial charge on any atom is -0.341 e. The second kappa shape index (κ2) is 4.35. The van der Waals surface area contributed by atoms with Gasteiger partial charge in [0.15, 0.2) is 5.65 Å². The van der Waals surface area contributed by atoms with E-state index in [1.165, 1.54) is 19.3 Å². The van der Waals surface area contributed by atoms with Gasteiger partial charge in [0.25, 0.3) is 0 Å². The largest absolute Gasteiger partial charge is 0.341 e. The molecular weight excluding hydrogens is 224 g/mol. The quantitative estimate of drug-likeness (QED) is 0.852. The Morgan fingerprint density at radius 1 is 1.33 bits per heavy atom. The van der Waals surface area contributed by atoms with Crippen molar-refractivity contribution in [2.75, 3.05) is 0 Å². The maximum Gasteiger partial charge on any atom is 0.177 e. The Hall–Kier alpha value is -1.42. The normalized spacial score (nSPS) is 19.2. The van der Waals surface area contributed by atoms with E-state index >= 15 is 0 Å². The van der Waals surface area contributed by atoms with E-state index < -0.39 is 0 Å². The fourth-order valence-electron chi connectivity index (χ4n) is 2.90. The third-order valence-electron chi connectivity index (χ3n) is 3.89. The molecule has 0 unspecified atom stereocenters. The summed E-state index contributed by atoms with van der Waals surface area (Å²) >= 11 is 0. The number of imidazole rings is 1. The first-order valence-electron chi connectivity index (χ1n) is 6.75. The molecule has 0 spiro atoms. The van der Waals surface area contributed by atoms with E-state index in [1.54, 1.807) is 0 Å². The van der Waals surface area contributed by atoms with E-state index in [9.17, 15) is 0 Å². The number of rotatable bonds is 2. The molecule has 0 atom stereocenters. The highest BCUT2D eigenvalue weighted by molar-refractivity contribution is 5.70. The number of aryl methyl sites for hydroxylation is 1. The van der Waals surface area contributed by atoms with Crippen molar-refractivity contribution in [2.45, 2.75) is 51.0 Å². The Bertz CT molecular complexity index is 552. The Morgan fingerprint density at radius 3 is 2.89 bits per heavy atom. The highest BCUT2D eigenvalue weighted by atomic mass is 15.0. The highest BCUT2D eigenvalue weighted by Crippen LogP contribution is 2.28. The van der Waals surface area contributed by atoms with Gasteiger partial charge in [0, 0.05) is 18.2 Å². The fraction of sp³-hybridized carbons (Fsp3) is 0.571. The SMILES string of the molecule is Cc1cnc2nc(CC3(N)CCCCC3)[nH]c2c1. The Morgan fingerprint density at radius 2 is 2.11 bits per heavy atom. The molecular formula is C14H20N4. The number of nitrogens with one attached hydrogen (secondary N) is 1. The van der Waals surface area contributed by atoms with Crippen molar-refractivity contribution in [3.8, 4) is 0 Å². The molecule has 3 rings (SSSR count). The predicted molar refractivity (Wildman–Crippen MR) is 72.3 cm³/mol. The third kappa shape index (κ3) is 2.25. The Balaban J connectivity index is 1.86. The molecule has 18 heavy (non-hydrogen) atoms. The molecule has 0 radical (unpaired) electrons. The average molecular weight is 244 g/mol. The van der Waals surface area contributed by atoms with E-state index in [0.717, 1.165) is 41.8 Å². The van der Waals surface area contributed by atoms with Crippen molar-refractivity contribution < 1.29 is 0 Å². The van der Waals surface area contributed by atoms with Crippen LogP contribution in [-0.2, 0) is 6.42 Å². The average Bonchev–Trinajstić information content (AvgIpc) is 2.70. The molecule has 3 N–H and O–H groups in total. The van der Waals surface area contributed by atoms with Crippen LogP contribution in [-0.4, -0.2) is 20.5 Å². The van der Waals surface area contributed by atoms with Gasteiger partial charge >= 0.3 is 0 Å². The summed E-state index contributed by atoms with van der Waals surface area (Å²) in [6.45, 7) is 2.04. The summed E-state index contributed by atoms with van der Waals surface area (Å²) in [7, 11) is 0. The first-order valence-corrected chi connectivity index (χ1v) is 6.75. The molecule has 0 bridgehead atoms. The standard InChI is InChI=1S/C14H20N4/c1-10-7-11-13(16-9-10)18-12(17-11)8-14(15)5-3-2-4-6-14/h7,9H,2-6,8,15H2,1H3,(H,16,17,18). The summed E-state index contributed by atoms with van der Waals surface area (Å²) in [5.74, 6) is 0.979. The number of fused-ring (bicyclic) bond motifs is 1. The number of aromatic amines is 1. The molecule has 2 aromatic rings. The number of hydrogen-bond acceptors (Lipinski definition) is 3. The van der Waals surface area contributed by atoms with Crippen LogP contribution in [0.1, 0.15) is 43.5 Å². The molecule has 1 aliphatic rings. The van der Waals surface area contributed by atoms with Crippen molar-refractivity contribution in [1.82, 2.24) is 15.0 Å². The zero-order chi connectivity index (χ0) is 12.6. The molecule has 4 nitrogen and oxygen atoms in total. The van der Waals surface area contributed by atoms with Gasteiger partial charge in [0.05, 0.1) is 5.52 Å². The fourth-order valence-corrected chi connectivity index (χ4v) is 2.90. The van der Waals surface area contributed by atoms with Crippen LogP contribution in [0.25, 0.3) is 11.2 Å². The molecule has 2 heterocycles. The lowest BCUT2D eigenvalue weighted by molar-refractivity contribution is 0.290. The lowest BCUT2D eigenvalue weighted by Gasteiger charge is -2.32. The van der Waals surface area contributed by atoms with Crippen LogP contribution in [0, 0.1) is 6.92 Å². The van der Waals surface area contributed by atoms with Crippen LogP contribution < -0.4 is 5.73 Å². The van der Waals surface area contributed by atoms with E-state index in [2.05, 4.69) is 21.0 Å². The lowest BCUT2D eigenvalue weighted by Crippen LogP contribution is -2.44. The van der Waals surface area contributed by atoms with Gasteiger partial charge in [-0.2, -0.15) is 0 Å². The number of nitrogens with zero attached hydrogens (tertiary/aromatic N) is 2. The van der Waals surface area contributed by atoms with E-state index in [0.29, 0.717) is 0 Å². The summed E-state index contributed by atoms with van der Waals surface area (Å²) in [5.41, 5.74) is 9.36. The summed E-state index contributed by atoms with van der Waals surface area (Å²) in [6.07, 6.45) is 8.71. The number of pyridine rings is 1. The molecule has 0 amide bonds. The topological polar surface area (TPSA) is 67.6 Å². The number of H-pyrrole nitrogens is 1. The van der Waals surface area contributed by atoms with Gasteiger partial charge in [-0.1, -0.05) is 19.3 Å². The highest BCUT2D eigenvalue weighted by Gasteiger charge is 2.28. The van der Waals surface area contributed by atoms with Crippen molar-refractivity contribution in [2.24, 2.45) is 5.73 Å². The zero-order valence-corrected chi connectivity index (χ0v) is 10.9. The molecule has 1 saturated carbocycles. The predicted octanol–water partition coefficient (Wildman–Crippen LogP) is 2.47. The van der Waals surface area contributed by atoms with Crippen LogP contribution >= 0.6 is 0 Å². The summed E-state index contributed by atoms with van der Waals surface area (Å²) < 4.78 is 0. The van der Waals surface area contributed by atoms with Crippen LogP contribution in [0.5, 0.6) is 0 Å². The van der Waals surface area contributed by atoms with Crippen LogP contribution in [0.4, 0.5) is 0 Å². The van der Waals surface area contributed by atoms with Gasteiger partial charge in [-0.3, -0.25) is 0 Å². The Kier molecular flexibility index (Phi) is 2.82. The summed E-state index contributed by atoms with van der Waals surface area (Å²) in [4.78, 5) is 12.2. The minimum absolute atomic E-state index is 0.0683. The monoisotopic (exact) mass is 244 g/mol. The second-order valence-corrected chi connectivity index (χ2v) is 5.67. The van der Waals surface area contributed by atoms with Gasteiger partial charge in [-0.25, -0.2) is 9.97 Å². The van der Waals surface area contributed by atoms with Gasteiger partial charge in [0.2, 0.25) is 0 Å². The second-order valence-electron chi connectivity index (χ2n) is 5.67. The Labute approximate surface area is 107 Å². The lowest BCUT2D eigenvalue weighted by atomic mass is 9.80. The van der Waals surface area contributed by atoms with Gasteiger partial charge in [-0.15, -0.1) is 0 Å². The summed E-state index contributed by atoms with van der Waals surface area (Å²) in [6, 6.07) is 2.09. The zero-order valence-electron chi connectivity index (χ0n) is 10.9. The molecule has 4 heteroatoms. The molecule has 2 aromatic heterocycles. The molecule has 96 valence electrons. The molecule has 1 fully saturated rings.